The topological polar surface area (TPSA) is 73.8 Å². The van der Waals surface area contributed by atoms with Crippen LogP contribution in [0, 0.1) is 0 Å². The van der Waals surface area contributed by atoms with E-state index in [2.05, 4.69) is 9.97 Å². The second-order valence-electron chi connectivity index (χ2n) is 3.92. The Bertz CT molecular complexity index is 732. The molecule has 1 aromatic carbocycles. The molecule has 2 aromatic heterocycles. The fraction of sp³-hybridized carbons (Fsp3) is 0. The maximum Gasteiger partial charge on any atom is 0.268 e. The first-order chi connectivity index (χ1) is 8.74. The van der Waals surface area contributed by atoms with Gasteiger partial charge in [0.25, 0.3) is 5.91 Å². The van der Waals surface area contributed by atoms with Gasteiger partial charge in [0, 0.05) is 11.6 Å². The number of nitrogens with zero attached hydrogens (tertiary/aromatic N) is 3. The number of amides is 1. The second-order valence-corrected chi connectivity index (χ2v) is 3.92. The molecule has 0 saturated carbocycles. The van der Waals surface area contributed by atoms with Crippen molar-refractivity contribution < 1.29 is 4.79 Å². The largest absolute Gasteiger partial charge is 0.364 e. The number of pyridine rings is 1. The molecule has 0 fully saturated rings. The van der Waals surface area contributed by atoms with Crippen LogP contribution in [0.15, 0.2) is 49.1 Å². The highest BCUT2D eigenvalue weighted by molar-refractivity contribution is 5.90. The van der Waals surface area contributed by atoms with Crippen LogP contribution >= 0.6 is 0 Å². The number of primary amides is 1. The van der Waals surface area contributed by atoms with E-state index in [4.69, 9.17) is 5.73 Å². The summed E-state index contributed by atoms with van der Waals surface area (Å²) >= 11 is 0. The molecule has 2 heterocycles. The first-order valence-electron chi connectivity index (χ1n) is 5.43. The number of para-hydroxylation sites is 1. The van der Waals surface area contributed by atoms with Crippen molar-refractivity contribution >= 4 is 16.8 Å². The highest BCUT2D eigenvalue weighted by atomic mass is 16.1. The minimum Gasteiger partial charge on any atom is -0.364 e. The Balaban J connectivity index is 2.10. The molecule has 0 radical (unpaired) electrons. The van der Waals surface area contributed by atoms with E-state index in [1.54, 1.807) is 23.3 Å². The minimum atomic E-state index is -0.539. The maximum absolute atomic E-state index is 11.0. The molecule has 0 aliphatic carbocycles. The van der Waals surface area contributed by atoms with Gasteiger partial charge in [-0.15, -0.1) is 0 Å². The average molecular weight is 238 g/mol. The molecule has 0 aliphatic heterocycles. The van der Waals surface area contributed by atoms with Crippen molar-refractivity contribution in [2.45, 2.75) is 0 Å². The van der Waals surface area contributed by atoms with Gasteiger partial charge in [0.1, 0.15) is 12.0 Å². The van der Waals surface area contributed by atoms with Crippen molar-refractivity contribution in [2.75, 3.05) is 0 Å². The Labute approximate surface area is 103 Å². The number of fused-ring (bicyclic) bond motifs is 1. The van der Waals surface area contributed by atoms with E-state index < -0.39 is 5.91 Å². The van der Waals surface area contributed by atoms with Crippen LogP contribution in [0.3, 0.4) is 0 Å². The number of nitrogens with two attached hydrogens (primary N) is 1. The van der Waals surface area contributed by atoms with E-state index in [-0.39, 0.29) is 5.69 Å². The molecule has 0 atom stereocenters. The lowest BCUT2D eigenvalue weighted by molar-refractivity contribution is 0.0996. The third-order valence-corrected chi connectivity index (χ3v) is 2.71. The molecule has 0 saturated heterocycles. The number of carbonyl (C=O) groups is 1. The van der Waals surface area contributed by atoms with Crippen molar-refractivity contribution in [1.29, 1.82) is 0 Å². The van der Waals surface area contributed by atoms with E-state index in [1.165, 1.54) is 0 Å². The van der Waals surface area contributed by atoms with Crippen LogP contribution in [-0.2, 0) is 0 Å². The molecular formula is C13H10N4O. The molecule has 88 valence electrons. The van der Waals surface area contributed by atoms with E-state index in [9.17, 15) is 4.79 Å². The fourth-order valence-corrected chi connectivity index (χ4v) is 1.79. The summed E-state index contributed by atoms with van der Waals surface area (Å²) in [5, 5.41) is 1.03. The zero-order valence-corrected chi connectivity index (χ0v) is 9.45. The van der Waals surface area contributed by atoms with Gasteiger partial charge in [-0.1, -0.05) is 18.2 Å². The molecule has 0 aliphatic rings. The molecule has 3 aromatic rings. The van der Waals surface area contributed by atoms with Crippen molar-refractivity contribution in [1.82, 2.24) is 14.5 Å². The summed E-state index contributed by atoms with van der Waals surface area (Å²) in [4.78, 5) is 19.3. The Morgan fingerprint density at radius 1 is 1.22 bits per heavy atom. The SMILES string of the molecule is NC(=O)c1cn(-c2cnc3ccccc3c2)cn1. The summed E-state index contributed by atoms with van der Waals surface area (Å²) in [6.45, 7) is 0. The standard InChI is InChI=1S/C13H10N4O/c14-13(18)12-7-17(8-16-12)10-5-9-3-1-2-4-11(9)15-6-10/h1-8H,(H2,14,18). The zero-order chi connectivity index (χ0) is 12.5. The Morgan fingerprint density at radius 3 is 2.83 bits per heavy atom. The summed E-state index contributed by atoms with van der Waals surface area (Å²) in [6.07, 6.45) is 4.87. The maximum atomic E-state index is 11.0. The van der Waals surface area contributed by atoms with Gasteiger partial charge in [-0.25, -0.2) is 4.98 Å². The Morgan fingerprint density at radius 2 is 2.06 bits per heavy atom. The fourth-order valence-electron chi connectivity index (χ4n) is 1.79. The van der Waals surface area contributed by atoms with Crippen LogP contribution in [0.1, 0.15) is 10.5 Å². The van der Waals surface area contributed by atoms with Gasteiger partial charge in [0.2, 0.25) is 0 Å². The summed E-state index contributed by atoms with van der Waals surface area (Å²) in [6, 6.07) is 9.81. The Hall–Kier alpha value is -2.69. The molecule has 5 nitrogen and oxygen atoms in total. The molecule has 0 spiro atoms. The number of hydrogen-bond donors (Lipinski definition) is 1. The number of carbonyl (C=O) groups excluding carboxylic acids is 1. The van der Waals surface area contributed by atoms with Crippen LogP contribution in [0.5, 0.6) is 0 Å². The summed E-state index contributed by atoms with van der Waals surface area (Å²) in [5.74, 6) is -0.539. The van der Waals surface area contributed by atoms with Crippen molar-refractivity contribution in [3.8, 4) is 5.69 Å². The molecule has 3 rings (SSSR count). The van der Waals surface area contributed by atoms with E-state index >= 15 is 0 Å². The lowest BCUT2D eigenvalue weighted by atomic mass is 10.2. The third kappa shape index (κ3) is 1.71. The number of hydrogen-bond acceptors (Lipinski definition) is 3. The molecule has 18 heavy (non-hydrogen) atoms. The molecule has 1 amide bonds. The third-order valence-electron chi connectivity index (χ3n) is 2.71. The number of imidazole rings is 1. The summed E-state index contributed by atoms with van der Waals surface area (Å²) in [7, 11) is 0. The van der Waals surface area contributed by atoms with Crippen molar-refractivity contribution in [2.24, 2.45) is 5.73 Å². The predicted octanol–water partition coefficient (Wildman–Crippen LogP) is 1.52. The normalized spacial score (nSPS) is 10.7. The van der Waals surface area contributed by atoms with Crippen molar-refractivity contribution in [3.63, 3.8) is 0 Å². The smallest absolute Gasteiger partial charge is 0.268 e. The van der Waals surface area contributed by atoms with Gasteiger partial charge in [-0.3, -0.25) is 9.78 Å². The first-order valence-corrected chi connectivity index (χ1v) is 5.43. The zero-order valence-electron chi connectivity index (χ0n) is 9.45. The molecule has 0 unspecified atom stereocenters. The quantitative estimate of drug-likeness (QED) is 0.735. The molecule has 5 heteroatoms. The lowest BCUT2D eigenvalue weighted by Gasteiger charge is -2.03. The lowest BCUT2D eigenvalue weighted by Crippen LogP contribution is -2.11. The van der Waals surface area contributed by atoms with Gasteiger partial charge >= 0.3 is 0 Å². The predicted molar refractivity (Wildman–Crippen MR) is 67.4 cm³/mol. The number of rotatable bonds is 2. The second kappa shape index (κ2) is 3.96. The summed E-state index contributed by atoms with van der Waals surface area (Å²) in [5.41, 5.74) is 7.17. The van der Waals surface area contributed by atoms with E-state index in [1.807, 2.05) is 30.3 Å². The van der Waals surface area contributed by atoms with Crippen LogP contribution in [-0.4, -0.2) is 20.4 Å². The highest BCUT2D eigenvalue weighted by Crippen LogP contribution is 2.15. The van der Waals surface area contributed by atoms with Gasteiger partial charge in [-0.2, -0.15) is 0 Å². The summed E-state index contributed by atoms with van der Waals surface area (Å²) < 4.78 is 1.72. The average Bonchev–Trinajstić information content (AvgIpc) is 2.88. The van der Waals surface area contributed by atoms with Crippen molar-refractivity contribution in [3.05, 3.63) is 54.7 Å². The van der Waals surface area contributed by atoms with Gasteiger partial charge < -0.3 is 10.3 Å². The minimum absolute atomic E-state index is 0.239. The van der Waals surface area contributed by atoms with Crippen LogP contribution in [0.25, 0.3) is 16.6 Å². The van der Waals surface area contributed by atoms with E-state index in [0.29, 0.717) is 0 Å². The van der Waals surface area contributed by atoms with E-state index in [0.717, 1.165) is 16.6 Å². The number of aromatic nitrogens is 3. The van der Waals surface area contributed by atoms with Gasteiger partial charge in [0.05, 0.1) is 17.4 Å². The van der Waals surface area contributed by atoms with Crippen LogP contribution < -0.4 is 5.73 Å². The highest BCUT2D eigenvalue weighted by Gasteiger charge is 2.06. The first kappa shape index (κ1) is 10.5. The Kier molecular flexibility index (Phi) is 2.30. The molecular weight excluding hydrogens is 228 g/mol. The van der Waals surface area contributed by atoms with Crippen LogP contribution in [0.4, 0.5) is 0 Å². The number of benzene rings is 1. The van der Waals surface area contributed by atoms with Gasteiger partial charge in [0.15, 0.2) is 0 Å². The van der Waals surface area contributed by atoms with Gasteiger partial charge in [-0.05, 0) is 12.1 Å². The molecule has 2 N–H and O–H groups in total. The molecule has 0 bridgehead atoms. The monoisotopic (exact) mass is 238 g/mol. The van der Waals surface area contributed by atoms with Crippen LogP contribution in [0.2, 0.25) is 0 Å².